The van der Waals surface area contributed by atoms with Crippen molar-refractivity contribution in [3.05, 3.63) is 99.9 Å². The number of hydrogen-bond acceptors (Lipinski definition) is 3. The SMILES string of the molecule is CC(NC(=O)c1cnc2ccnn2c1)C(Cc1ccc(Cl)cc1)c1ccc(Cl)cc1. The Morgan fingerprint density at radius 2 is 1.70 bits per heavy atom. The highest BCUT2D eigenvalue weighted by Crippen LogP contribution is 2.27. The number of nitrogens with one attached hydrogen (secondary N) is 1. The first-order valence-corrected chi connectivity index (χ1v) is 10.4. The van der Waals surface area contributed by atoms with Gasteiger partial charge in [0.15, 0.2) is 5.65 Å². The lowest BCUT2D eigenvalue weighted by Gasteiger charge is -2.26. The van der Waals surface area contributed by atoms with E-state index in [2.05, 4.69) is 15.4 Å². The van der Waals surface area contributed by atoms with Crippen molar-refractivity contribution in [1.82, 2.24) is 19.9 Å². The van der Waals surface area contributed by atoms with Gasteiger partial charge in [-0.1, -0.05) is 47.5 Å². The second-order valence-corrected chi connectivity index (χ2v) is 8.10. The van der Waals surface area contributed by atoms with Crippen molar-refractivity contribution in [2.24, 2.45) is 0 Å². The van der Waals surface area contributed by atoms with Gasteiger partial charge in [0.25, 0.3) is 5.91 Å². The number of nitrogens with zero attached hydrogens (tertiary/aromatic N) is 3. The fraction of sp³-hybridized carbons (Fsp3) is 0.174. The third-order valence-electron chi connectivity index (χ3n) is 5.14. The molecular weight excluding hydrogens is 419 g/mol. The molecule has 0 aliphatic heterocycles. The van der Waals surface area contributed by atoms with Crippen LogP contribution in [0.2, 0.25) is 10.0 Å². The van der Waals surface area contributed by atoms with Gasteiger partial charge in [0.2, 0.25) is 0 Å². The molecule has 2 aromatic heterocycles. The minimum atomic E-state index is -0.192. The van der Waals surface area contributed by atoms with Gasteiger partial charge in [0.05, 0.1) is 11.8 Å². The number of carbonyl (C=O) groups excluding carboxylic acids is 1. The van der Waals surface area contributed by atoms with Crippen LogP contribution in [0.1, 0.15) is 34.3 Å². The van der Waals surface area contributed by atoms with Gasteiger partial charge in [-0.15, -0.1) is 0 Å². The average molecular weight is 439 g/mol. The molecule has 1 amide bonds. The van der Waals surface area contributed by atoms with Gasteiger partial charge in [-0.25, -0.2) is 9.50 Å². The molecule has 2 aromatic carbocycles. The summed E-state index contributed by atoms with van der Waals surface area (Å²) in [7, 11) is 0. The van der Waals surface area contributed by atoms with Crippen LogP contribution in [0.3, 0.4) is 0 Å². The van der Waals surface area contributed by atoms with Gasteiger partial charge in [-0.3, -0.25) is 4.79 Å². The van der Waals surface area contributed by atoms with E-state index in [0.29, 0.717) is 21.3 Å². The standard InChI is InChI=1S/C23H20Cl2N4O/c1-15(28-23(30)18-13-26-22-10-11-27-29(22)14-18)21(17-4-8-20(25)9-5-17)12-16-2-6-19(24)7-3-16/h2-11,13-15,21H,12H2,1H3,(H,28,30). The van der Waals surface area contributed by atoms with E-state index in [4.69, 9.17) is 23.2 Å². The van der Waals surface area contributed by atoms with Crippen molar-refractivity contribution in [3.63, 3.8) is 0 Å². The van der Waals surface area contributed by atoms with Crippen LogP contribution in [0.4, 0.5) is 0 Å². The fourth-order valence-corrected chi connectivity index (χ4v) is 3.74. The highest BCUT2D eigenvalue weighted by atomic mass is 35.5. The Morgan fingerprint density at radius 3 is 2.40 bits per heavy atom. The molecule has 0 radical (unpaired) electrons. The Hall–Kier alpha value is -2.89. The summed E-state index contributed by atoms with van der Waals surface area (Å²) in [5.74, 6) is -0.142. The van der Waals surface area contributed by atoms with E-state index >= 15 is 0 Å². The van der Waals surface area contributed by atoms with Crippen LogP contribution >= 0.6 is 23.2 Å². The number of carbonyl (C=O) groups is 1. The number of rotatable bonds is 6. The van der Waals surface area contributed by atoms with E-state index in [1.54, 1.807) is 29.2 Å². The second-order valence-electron chi connectivity index (χ2n) is 7.23. The van der Waals surface area contributed by atoms with E-state index < -0.39 is 0 Å². The van der Waals surface area contributed by atoms with E-state index in [1.807, 2.05) is 55.5 Å². The highest BCUT2D eigenvalue weighted by Gasteiger charge is 2.22. The van der Waals surface area contributed by atoms with Crippen LogP contribution in [0.25, 0.3) is 5.65 Å². The molecule has 0 fully saturated rings. The number of fused-ring (bicyclic) bond motifs is 1. The zero-order valence-electron chi connectivity index (χ0n) is 16.3. The number of aromatic nitrogens is 3. The minimum absolute atomic E-state index is 0.0498. The molecule has 0 aliphatic rings. The smallest absolute Gasteiger partial charge is 0.254 e. The third-order valence-corrected chi connectivity index (χ3v) is 5.64. The molecule has 0 spiro atoms. The summed E-state index contributed by atoms with van der Waals surface area (Å²) in [4.78, 5) is 17.1. The van der Waals surface area contributed by atoms with Gasteiger partial charge in [-0.05, 0) is 48.7 Å². The molecule has 0 saturated carbocycles. The summed E-state index contributed by atoms with van der Waals surface area (Å²) in [5, 5.41) is 8.64. The highest BCUT2D eigenvalue weighted by molar-refractivity contribution is 6.30. The zero-order valence-corrected chi connectivity index (χ0v) is 17.8. The summed E-state index contributed by atoms with van der Waals surface area (Å²) in [6, 6.07) is 17.2. The maximum atomic E-state index is 12.9. The van der Waals surface area contributed by atoms with Crippen LogP contribution in [0.5, 0.6) is 0 Å². The maximum Gasteiger partial charge on any atom is 0.254 e. The summed E-state index contributed by atoms with van der Waals surface area (Å²) < 4.78 is 1.59. The van der Waals surface area contributed by atoms with Crippen LogP contribution in [-0.4, -0.2) is 26.5 Å². The predicted molar refractivity (Wildman–Crippen MR) is 119 cm³/mol. The van der Waals surface area contributed by atoms with E-state index in [1.165, 1.54) is 0 Å². The molecule has 2 atom stereocenters. The first kappa shape index (κ1) is 20.4. The Kier molecular flexibility index (Phi) is 6.02. The topological polar surface area (TPSA) is 59.3 Å². The zero-order chi connectivity index (χ0) is 21.1. The monoisotopic (exact) mass is 438 g/mol. The van der Waals surface area contributed by atoms with Gasteiger partial charge in [-0.2, -0.15) is 5.10 Å². The lowest BCUT2D eigenvalue weighted by atomic mass is 9.86. The minimum Gasteiger partial charge on any atom is -0.349 e. The van der Waals surface area contributed by atoms with Crippen LogP contribution in [0, 0.1) is 0 Å². The number of hydrogen-bond donors (Lipinski definition) is 1. The first-order chi connectivity index (χ1) is 14.5. The van der Waals surface area contributed by atoms with Crippen LogP contribution in [-0.2, 0) is 6.42 Å². The Bertz CT molecular complexity index is 1160. The summed E-state index contributed by atoms with van der Waals surface area (Å²) in [6.07, 6.45) is 5.64. The molecule has 30 heavy (non-hydrogen) atoms. The van der Waals surface area contributed by atoms with Crippen LogP contribution < -0.4 is 5.32 Å². The normalized spacial score (nSPS) is 13.2. The molecule has 5 nitrogen and oxygen atoms in total. The lowest BCUT2D eigenvalue weighted by Crippen LogP contribution is -2.38. The molecule has 1 N–H and O–H groups in total. The Labute approximate surface area is 184 Å². The van der Waals surface area contributed by atoms with Crippen molar-refractivity contribution in [1.29, 1.82) is 0 Å². The number of benzene rings is 2. The van der Waals surface area contributed by atoms with Crippen LogP contribution in [0.15, 0.2) is 73.2 Å². The predicted octanol–water partition coefficient (Wildman–Crippen LogP) is 5.18. The molecule has 152 valence electrons. The molecule has 4 aromatic rings. The Balaban J connectivity index is 1.57. The van der Waals surface area contributed by atoms with E-state index in [0.717, 1.165) is 17.5 Å². The molecule has 7 heteroatoms. The summed E-state index contributed by atoms with van der Waals surface area (Å²) >= 11 is 12.1. The molecule has 0 bridgehead atoms. The number of amides is 1. The van der Waals surface area contributed by atoms with Crippen molar-refractivity contribution >= 4 is 34.8 Å². The third kappa shape index (κ3) is 4.64. The van der Waals surface area contributed by atoms with Crippen molar-refractivity contribution < 1.29 is 4.79 Å². The maximum absolute atomic E-state index is 12.9. The van der Waals surface area contributed by atoms with E-state index in [-0.39, 0.29) is 17.9 Å². The molecule has 0 saturated heterocycles. The molecule has 2 heterocycles. The molecule has 2 unspecified atom stereocenters. The van der Waals surface area contributed by atoms with Gasteiger partial charge in [0, 0.05) is 40.5 Å². The van der Waals surface area contributed by atoms with Gasteiger partial charge >= 0.3 is 0 Å². The Morgan fingerprint density at radius 1 is 1.03 bits per heavy atom. The molecule has 4 rings (SSSR count). The molecule has 0 aliphatic carbocycles. The second kappa shape index (κ2) is 8.86. The van der Waals surface area contributed by atoms with Gasteiger partial charge < -0.3 is 5.32 Å². The van der Waals surface area contributed by atoms with Crippen molar-refractivity contribution in [2.45, 2.75) is 25.3 Å². The number of halogens is 2. The fourth-order valence-electron chi connectivity index (χ4n) is 3.49. The summed E-state index contributed by atoms with van der Waals surface area (Å²) in [5.41, 5.74) is 3.39. The average Bonchev–Trinajstić information content (AvgIpc) is 3.22. The first-order valence-electron chi connectivity index (χ1n) is 9.60. The van der Waals surface area contributed by atoms with E-state index in [9.17, 15) is 4.79 Å². The quantitative estimate of drug-likeness (QED) is 0.450. The summed E-state index contributed by atoms with van der Waals surface area (Å²) in [6.45, 7) is 2.01. The molecular formula is C23H20Cl2N4O. The lowest BCUT2D eigenvalue weighted by molar-refractivity contribution is 0.0933. The van der Waals surface area contributed by atoms with Crippen molar-refractivity contribution in [2.75, 3.05) is 0 Å². The van der Waals surface area contributed by atoms with Gasteiger partial charge in [0.1, 0.15) is 0 Å². The van der Waals surface area contributed by atoms with Crippen molar-refractivity contribution in [3.8, 4) is 0 Å². The largest absolute Gasteiger partial charge is 0.349 e.